The SMILES string of the molecule is CCCC(C)N1CC(C2CC2)NCCC1C. The number of rotatable bonds is 4. The lowest BCUT2D eigenvalue weighted by molar-refractivity contribution is 0.139. The molecule has 1 aliphatic carbocycles. The maximum atomic E-state index is 3.76. The molecule has 0 spiro atoms. The Morgan fingerprint density at radius 1 is 1.31 bits per heavy atom. The van der Waals surface area contributed by atoms with Gasteiger partial charge in [0.1, 0.15) is 0 Å². The minimum atomic E-state index is 0.762. The normalized spacial score (nSPS) is 34.7. The molecule has 1 heterocycles. The smallest absolute Gasteiger partial charge is 0.0223 e. The quantitative estimate of drug-likeness (QED) is 0.790. The van der Waals surface area contributed by atoms with Gasteiger partial charge in [-0.1, -0.05) is 13.3 Å². The van der Waals surface area contributed by atoms with E-state index in [1.54, 1.807) is 0 Å². The summed E-state index contributed by atoms with van der Waals surface area (Å²) in [6, 6.07) is 2.31. The van der Waals surface area contributed by atoms with E-state index in [4.69, 9.17) is 0 Å². The molecule has 2 fully saturated rings. The third kappa shape index (κ3) is 2.98. The second-order valence-corrected chi connectivity index (χ2v) is 5.87. The van der Waals surface area contributed by atoms with Gasteiger partial charge in [0.2, 0.25) is 0 Å². The molecule has 0 amide bonds. The van der Waals surface area contributed by atoms with Crippen molar-refractivity contribution in [3.8, 4) is 0 Å². The summed E-state index contributed by atoms with van der Waals surface area (Å²) in [5.41, 5.74) is 0. The molecule has 0 radical (unpaired) electrons. The van der Waals surface area contributed by atoms with Crippen molar-refractivity contribution in [2.75, 3.05) is 13.1 Å². The van der Waals surface area contributed by atoms with Crippen LogP contribution in [0.25, 0.3) is 0 Å². The van der Waals surface area contributed by atoms with Gasteiger partial charge in [-0.05, 0) is 52.0 Å². The van der Waals surface area contributed by atoms with Crippen LogP contribution in [0, 0.1) is 5.92 Å². The molecule has 0 bridgehead atoms. The van der Waals surface area contributed by atoms with Crippen LogP contribution in [0.1, 0.15) is 52.9 Å². The van der Waals surface area contributed by atoms with E-state index in [1.807, 2.05) is 0 Å². The lowest BCUT2D eigenvalue weighted by atomic mass is 10.1. The fraction of sp³-hybridized carbons (Fsp3) is 1.00. The molecule has 94 valence electrons. The van der Waals surface area contributed by atoms with Crippen LogP contribution in [0.15, 0.2) is 0 Å². The molecule has 1 N–H and O–H groups in total. The first-order valence-corrected chi connectivity index (χ1v) is 7.21. The Hall–Kier alpha value is -0.0800. The molecule has 2 aliphatic rings. The summed E-state index contributed by atoms with van der Waals surface area (Å²) in [7, 11) is 0. The van der Waals surface area contributed by atoms with E-state index >= 15 is 0 Å². The van der Waals surface area contributed by atoms with Gasteiger partial charge in [-0.25, -0.2) is 0 Å². The molecule has 1 aliphatic heterocycles. The van der Waals surface area contributed by atoms with Crippen molar-refractivity contribution >= 4 is 0 Å². The Labute approximate surface area is 101 Å². The third-order valence-electron chi connectivity index (χ3n) is 4.41. The summed E-state index contributed by atoms with van der Waals surface area (Å²) in [6.07, 6.45) is 6.90. The zero-order valence-corrected chi connectivity index (χ0v) is 11.2. The molecule has 2 rings (SSSR count). The summed E-state index contributed by atoms with van der Waals surface area (Å²) >= 11 is 0. The molecule has 1 saturated heterocycles. The molecule has 0 aromatic heterocycles. The zero-order chi connectivity index (χ0) is 11.5. The van der Waals surface area contributed by atoms with E-state index < -0.39 is 0 Å². The van der Waals surface area contributed by atoms with Crippen LogP contribution >= 0.6 is 0 Å². The van der Waals surface area contributed by atoms with Crippen molar-refractivity contribution in [2.24, 2.45) is 5.92 Å². The van der Waals surface area contributed by atoms with Crippen LogP contribution in [-0.2, 0) is 0 Å². The fourth-order valence-electron chi connectivity index (χ4n) is 3.13. The number of nitrogens with one attached hydrogen (secondary N) is 1. The Morgan fingerprint density at radius 3 is 2.69 bits per heavy atom. The maximum Gasteiger partial charge on any atom is 0.0223 e. The van der Waals surface area contributed by atoms with E-state index in [2.05, 4.69) is 31.0 Å². The highest BCUT2D eigenvalue weighted by atomic mass is 15.2. The van der Waals surface area contributed by atoms with Crippen molar-refractivity contribution in [1.29, 1.82) is 0 Å². The van der Waals surface area contributed by atoms with E-state index in [1.165, 1.54) is 45.2 Å². The van der Waals surface area contributed by atoms with Gasteiger partial charge in [-0.3, -0.25) is 4.90 Å². The topological polar surface area (TPSA) is 15.3 Å². The zero-order valence-electron chi connectivity index (χ0n) is 11.2. The van der Waals surface area contributed by atoms with Crippen LogP contribution in [0.2, 0.25) is 0 Å². The lowest BCUT2D eigenvalue weighted by Crippen LogP contribution is -2.45. The molecule has 2 heteroatoms. The molecule has 1 saturated carbocycles. The Morgan fingerprint density at radius 2 is 2.06 bits per heavy atom. The van der Waals surface area contributed by atoms with Gasteiger partial charge in [0.05, 0.1) is 0 Å². The highest BCUT2D eigenvalue weighted by Crippen LogP contribution is 2.34. The van der Waals surface area contributed by atoms with Crippen molar-refractivity contribution in [1.82, 2.24) is 10.2 Å². The maximum absolute atomic E-state index is 3.76. The lowest BCUT2D eigenvalue weighted by Gasteiger charge is -2.34. The van der Waals surface area contributed by atoms with E-state index in [0.717, 1.165) is 24.0 Å². The summed E-state index contributed by atoms with van der Waals surface area (Å²) < 4.78 is 0. The Kier molecular flexibility index (Phi) is 4.26. The molecule has 3 atom stereocenters. The highest BCUT2D eigenvalue weighted by Gasteiger charge is 2.35. The average molecular weight is 224 g/mol. The van der Waals surface area contributed by atoms with Crippen LogP contribution in [0.5, 0.6) is 0 Å². The van der Waals surface area contributed by atoms with Gasteiger partial charge in [0, 0.05) is 24.7 Å². The summed E-state index contributed by atoms with van der Waals surface area (Å²) in [4.78, 5) is 2.76. The second kappa shape index (κ2) is 5.50. The van der Waals surface area contributed by atoms with Crippen LogP contribution in [0.3, 0.4) is 0 Å². The summed E-state index contributed by atoms with van der Waals surface area (Å²) in [5, 5.41) is 3.76. The van der Waals surface area contributed by atoms with Crippen molar-refractivity contribution < 1.29 is 0 Å². The molecule has 2 nitrogen and oxygen atoms in total. The molecular weight excluding hydrogens is 196 g/mol. The van der Waals surface area contributed by atoms with E-state index in [0.29, 0.717) is 0 Å². The highest BCUT2D eigenvalue weighted by molar-refractivity contribution is 4.92. The minimum Gasteiger partial charge on any atom is -0.312 e. The summed E-state index contributed by atoms with van der Waals surface area (Å²) in [6.45, 7) is 9.62. The number of hydrogen-bond acceptors (Lipinski definition) is 2. The van der Waals surface area contributed by atoms with Crippen LogP contribution < -0.4 is 5.32 Å². The number of nitrogens with zero attached hydrogens (tertiary/aromatic N) is 1. The first-order valence-electron chi connectivity index (χ1n) is 7.21. The van der Waals surface area contributed by atoms with Crippen LogP contribution in [0.4, 0.5) is 0 Å². The van der Waals surface area contributed by atoms with E-state index in [-0.39, 0.29) is 0 Å². The summed E-state index contributed by atoms with van der Waals surface area (Å²) in [5.74, 6) is 0.988. The van der Waals surface area contributed by atoms with Gasteiger partial charge in [-0.15, -0.1) is 0 Å². The van der Waals surface area contributed by atoms with Gasteiger partial charge >= 0.3 is 0 Å². The molecule has 0 aromatic carbocycles. The largest absolute Gasteiger partial charge is 0.312 e. The molecular formula is C14H28N2. The monoisotopic (exact) mass is 224 g/mol. The average Bonchev–Trinajstić information content (AvgIpc) is 3.04. The van der Waals surface area contributed by atoms with Crippen LogP contribution in [-0.4, -0.2) is 36.1 Å². The van der Waals surface area contributed by atoms with Crippen molar-refractivity contribution in [3.05, 3.63) is 0 Å². The van der Waals surface area contributed by atoms with E-state index in [9.17, 15) is 0 Å². The van der Waals surface area contributed by atoms with Gasteiger partial charge in [-0.2, -0.15) is 0 Å². The first kappa shape index (κ1) is 12.4. The standard InChI is InChI=1S/C14H28N2/c1-4-5-11(2)16-10-14(13-6-7-13)15-9-8-12(16)3/h11-15H,4-10H2,1-3H3. The van der Waals surface area contributed by atoms with Crippen molar-refractivity contribution in [2.45, 2.75) is 71.0 Å². The van der Waals surface area contributed by atoms with Crippen molar-refractivity contribution in [3.63, 3.8) is 0 Å². The molecule has 0 aromatic rings. The molecule has 16 heavy (non-hydrogen) atoms. The predicted octanol–water partition coefficient (Wildman–Crippen LogP) is 2.64. The third-order valence-corrected chi connectivity index (χ3v) is 4.41. The molecule has 3 unspecified atom stereocenters. The fourth-order valence-corrected chi connectivity index (χ4v) is 3.13. The minimum absolute atomic E-state index is 0.762. The van der Waals surface area contributed by atoms with Gasteiger partial charge in [0.15, 0.2) is 0 Å². The number of hydrogen-bond donors (Lipinski definition) is 1. The Balaban J connectivity index is 1.94. The Bertz CT molecular complexity index is 213. The predicted molar refractivity (Wildman–Crippen MR) is 69.7 cm³/mol. The second-order valence-electron chi connectivity index (χ2n) is 5.87. The van der Waals surface area contributed by atoms with Gasteiger partial charge in [0.25, 0.3) is 0 Å². The van der Waals surface area contributed by atoms with Gasteiger partial charge < -0.3 is 5.32 Å². The first-order chi connectivity index (χ1) is 7.72.